The van der Waals surface area contributed by atoms with Crippen LogP contribution in [-0.2, 0) is 20.7 Å². The molecular weight excluding hydrogens is 488 g/mol. The van der Waals surface area contributed by atoms with Crippen LogP contribution in [0.15, 0.2) is 24.3 Å². The number of benzene rings is 1. The lowest BCUT2D eigenvalue weighted by molar-refractivity contribution is -0.120. The van der Waals surface area contributed by atoms with Crippen LogP contribution in [0.5, 0.6) is 0 Å². The molecule has 3 rings (SSSR count). The number of aromatic nitrogens is 3. The van der Waals surface area contributed by atoms with Gasteiger partial charge in [0.05, 0.1) is 39.0 Å². The van der Waals surface area contributed by atoms with Crippen LogP contribution in [-0.4, -0.2) is 83.7 Å². The number of aliphatic hydroxyl groups is 1. The zero-order valence-corrected chi connectivity index (χ0v) is 22.4. The van der Waals surface area contributed by atoms with Gasteiger partial charge < -0.3 is 41.6 Å². The summed E-state index contributed by atoms with van der Waals surface area (Å²) in [6.07, 6.45) is 3.34. The molecule has 210 valence electrons. The highest BCUT2D eigenvalue weighted by atomic mass is 16.5. The lowest BCUT2D eigenvalue weighted by Gasteiger charge is -2.26. The van der Waals surface area contributed by atoms with E-state index in [2.05, 4.69) is 36.2 Å². The van der Waals surface area contributed by atoms with Crippen LogP contribution in [0.2, 0.25) is 0 Å². The van der Waals surface area contributed by atoms with Crippen LogP contribution in [0, 0.1) is 0 Å². The molecule has 12 heteroatoms. The van der Waals surface area contributed by atoms with Gasteiger partial charge in [0.2, 0.25) is 23.8 Å². The summed E-state index contributed by atoms with van der Waals surface area (Å²) in [7, 11) is 0. The van der Waals surface area contributed by atoms with Gasteiger partial charge in [-0.25, -0.2) is 0 Å². The van der Waals surface area contributed by atoms with Gasteiger partial charge in [-0.15, -0.1) is 0 Å². The number of carbonyl (C=O) groups is 1. The van der Waals surface area contributed by atoms with E-state index >= 15 is 0 Å². The maximum absolute atomic E-state index is 12.2. The van der Waals surface area contributed by atoms with Crippen LogP contribution in [0.1, 0.15) is 45.1 Å². The quantitative estimate of drug-likeness (QED) is 0.175. The first-order valence-corrected chi connectivity index (χ1v) is 13.4. The normalized spacial score (nSPS) is 17.3. The van der Waals surface area contributed by atoms with Crippen LogP contribution in [0.3, 0.4) is 0 Å². The van der Waals surface area contributed by atoms with Crippen molar-refractivity contribution in [3.05, 3.63) is 29.8 Å². The predicted molar refractivity (Wildman–Crippen MR) is 148 cm³/mol. The molecule has 0 radical (unpaired) electrons. The average Bonchev–Trinajstić information content (AvgIpc) is 2.88. The standard InChI is InChI=1S/C26H42N8O4/c1-18(2)29-24-32-25(34-26(33-24)31-21-7-9-22(35)10-8-21)30-20-5-3-19(4-6-20)17-23(36)28-12-14-38-16-15-37-13-11-27/h3-6,18,21-22,35H,7-17,27H2,1-2H3,(H,28,36)(H3,29,30,31,32,33,34). The van der Waals surface area contributed by atoms with Crippen molar-refractivity contribution in [1.82, 2.24) is 20.3 Å². The van der Waals surface area contributed by atoms with Crippen molar-refractivity contribution in [2.75, 3.05) is 55.5 Å². The molecule has 0 spiro atoms. The molecule has 0 atom stereocenters. The number of anilines is 4. The second-order valence-electron chi connectivity index (χ2n) is 9.62. The molecule has 0 bridgehead atoms. The molecule has 7 N–H and O–H groups in total. The highest BCUT2D eigenvalue weighted by molar-refractivity contribution is 5.78. The Bertz CT molecular complexity index is 968. The summed E-state index contributed by atoms with van der Waals surface area (Å²) >= 11 is 0. The number of rotatable bonds is 16. The molecule has 0 aliphatic heterocycles. The summed E-state index contributed by atoms with van der Waals surface area (Å²) in [6, 6.07) is 7.95. The van der Waals surface area contributed by atoms with Gasteiger partial charge in [-0.1, -0.05) is 12.1 Å². The number of ether oxygens (including phenoxy) is 2. The van der Waals surface area contributed by atoms with Crippen molar-refractivity contribution >= 4 is 29.4 Å². The minimum absolute atomic E-state index is 0.0680. The Hall–Kier alpha value is -3.06. The van der Waals surface area contributed by atoms with Gasteiger partial charge in [-0.2, -0.15) is 15.0 Å². The minimum atomic E-state index is -0.220. The Labute approximate surface area is 224 Å². The van der Waals surface area contributed by atoms with Crippen molar-refractivity contribution in [1.29, 1.82) is 0 Å². The van der Waals surface area contributed by atoms with Crippen LogP contribution in [0.4, 0.5) is 23.5 Å². The highest BCUT2D eigenvalue weighted by Crippen LogP contribution is 2.23. The fraction of sp³-hybridized carbons (Fsp3) is 0.615. The van der Waals surface area contributed by atoms with E-state index in [9.17, 15) is 9.90 Å². The first kappa shape index (κ1) is 29.5. The summed E-state index contributed by atoms with van der Waals surface area (Å²) in [5.74, 6) is 1.32. The molecule has 1 aliphatic rings. The number of nitrogens with one attached hydrogen (secondary N) is 4. The maximum Gasteiger partial charge on any atom is 0.233 e. The fourth-order valence-electron chi connectivity index (χ4n) is 3.97. The second-order valence-corrected chi connectivity index (χ2v) is 9.62. The SMILES string of the molecule is CC(C)Nc1nc(Nc2ccc(CC(=O)NCCOCCOCCN)cc2)nc(NC2CCC(O)CC2)n1. The first-order chi connectivity index (χ1) is 18.4. The number of nitrogens with zero attached hydrogens (tertiary/aromatic N) is 3. The molecule has 0 saturated heterocycles. The van der Waals surface area contributed by atoms with Crippen molar-refractivity contribution in [2.24, 2.45) is 5.73 Å². The Morgan fingerprint density at radius 1 is 0.974 bits per heavy atom. The summed E-state index contributed by atoms with van der Waals surface area (Å²) in [5, 5.41) is 22.5. The number of hydrogen-bond donors (Lipinski definition) is 6. The molecule has 1 aliphatic carbocycles. The molecular formula is C26H42N8O4. The molecule has 1 aromatic carbocycles. The Morgan fingerprint density at radius 2 is 1.63 bits per heavy atom. The molecule has 1 saturated carbocycles. The predicted octanol–water partition coefficient (Wildman–Crippen LogP) is 1.80. The van der Waals surface area contributed by atoms with Gasteiger partial charge in [-0.3, -0.25) is 4.79 Å². The van der Waals surface area contributed by atoms with Gasteiger partial charge >= 0.3 is 0 Å². The van der Waals surface area contributed by atoms with Crippen LogP contribution < -0.4 is 27.0 Å². The van der Waals surface area contributed by atoms with Crippen LogP contribution in [0.25, 0.3) is 0 Å². The maximum atomic E-state index is 12.2. The number of aliphatic hydroxyl groups excluding tert-OH is 1. The van der Waals surface area contributed by atoms with Gasteiger partial charge in [0.25, 0.3) is 0 Å². The molecule has 38 heavy (non-hydrogen) atoms. The van der Waals surface area contributed by atoms with Gasteiger partial charge in [0.1, 0.15) is 0 Å². The summed E-state index contributed by atoms with van der Waals surface area (Å²) in [6.45, 7) is 6.90. The van der Waals surface area contributed by atoms with Gasteiger partial charge in [-0.05, 0) is 57.2 Å². The van der Waals surface area contributed by atoms with E-state index in [4.69, 9.17) is 15.2 Å². The number of hydrogen-bond acceptors (Lipinski definition) is 11. The second kappa shape index (κ2) is 16.0. The van der Waals surface area contributed by atoms with E-state index in [-0.39, 0.29) is 30.5 Å². The summed E-state index contributed by atoms with van der Waals surface area (Å²) in [5.41, 5.74) is 7.04. The van der Waals surface area contributed by atoms with Gasteiger partial charge in [0, 0.05) is 30.9 Å². The lowest BCUT2D eigenvalue weighted by Crippen LogP contribution is -2.29. The van der Waals surface area contributed by atoms with E-state index in [0.717, 1.165) is 36.9 Å². The van der Waals surface area contributed by atoms with Crippen molar-refractivity contribution in [3.8, 4) is 0 Å². The van der Waals surface area contributed by atoms with E-state index in [1.54, 1.807) is 0 Å². The average molecular weight is 531 g/mol. The smallest absolute Gasteiger partial charge is 0.233 e. The van der Waals surface area contributed by atoms with Crippen molar-refractivity contribution in [2.45, 2.75) is 64.1 Å². The van der Waals surface area contributed by atoms with Crippen LogP contribution >= 0.6 is 0 Å². The van der Waals surface area contributed by atoms with Crippen molar-refractivity contribution in [3.63, 3.8) is 0 Å². The number of amides is 1. The zero-order chi connectivity index (χ0) is 27.2. The fourth-order valence-corrected chi connectivity index (χ4v) is 3.97. The Balaban J connectivity index is 1.49. The molecule has 1 heterocycles. The molecule has 2 aromatic rings. The molecule has 12 nitrogen and oxygen atoms in total. The largest absolute Gasteiger partial charge is 0.393 e. The van der Waals surface area contributed by atoms with E-state index < -0.39 is 0 Å². The Kier molecular flexibility index (Phi) is 12.4. The minimum Gasteiger partial charge on any atom is -0.393 e. The van der Waals surface area contributed by atoms with E-state index in [1.165, 1.54) is 0 Å². The number of carbonyl (C=O) groups excluding carboxylic acids is 1. The molecule has 1 amide bonds. The number of nitrogens with two attached hydrogens (primary N) is 1. The lowest BCUT2D eigenvalue weighted by atomic mass is 9.93. The van der Waals surface area contributed by atoms with Gasteiger partial charge in [0.15, 0.2) is 0 Å². The zero-order valence-electron chi connectivity index (χ0n) is 22.4. The molecule has 1 aromatic heterocycles. The highest BCUT2D eigenvalue weighted by Gasteiger charge is 2.20. The van der Waals surface area contributed by atoms with Crippen molar-refractivity contribution < 1.29 is 19.4 Å². The third kappa shape index (κ3) is 11.1. The van der Waals surface area contributed by atoms with E-state index in [0.29, 0.717) is 57.4 Å². The summed E-state index contributed by atoms with van der Waals surface area (Å²) < 4.78 is 10.6. The summed E-state index contributed by atoms with van der Waals surface area (Å²) in [4.78, 5) is 25.8. The van der Waals surface area contributed by atoms with E-state index in [1.807, 2.05) is 38.1 Å². The molecule has 0 unspecified atom stereocenters. The third-order valence-electron chi connectivity index (χ3n) is 5.86. The monoisotopic (exact) mass is 530 g/mol. The third-order valence-corrected chi connectivity index (χ3v) is 5.86. The molecule has 1 fully saturated rings. The Morgan fingerprint density at radius 3 is 2.32 bits per heavy atom. The first-order valence-electron chi connectivity index (χ1n) is 13.4. The topological polar surface area (TPSA) is 169 Å².